The second-order valence-electron chi connectivity index (χ2n) is 12.9. The highest BCUT2D eigenvalue weighted by molar-refractivity contribution is 6.33. The van der Waals surface area contributed by atoms with Crippen LogP contribution in [-0.4, -0.2) is 34.2 Å². The van der Waals surface area contributed by atoms with E-state index in [9.17, 15) is 19.5 Å². The molecular formula is C33H42O5. The molecule has 0 radical (unpaired) electrons. The van der Waals surface area contributed by atoms with Gasteiger partial charge >= 0.3 is 0 Å². The van der Waals surface area contributed by atoms with E-state index >= 15 is 0 Å². The molecule has 204 valence electrons. The monoisotopic (exact) mass is 518 g/mol. The highest BCUT2D eigenvalue weighted by Gasteiger charge is 2.68. The molecule has 3 aliphatic rings. The summed E-state index contributed by atoms with van der Waals surface area (Å²) in [5.41, 5.74) is 0.0414. The molecule has 5 nitrogen and oxygen atoms in total. The molecule has 1 heterocycles. The number of Topliss-reactive ketones (excluding diaryl/α,β-unsaturated/α-hetero) is 3. The summed E-state index contributed by atoms with van der Waals surface area (Å²) in [6.07, 6.45) is 7.27. The fourth-order valence-corrected chi connectivity index (χ4v) is 6.50. The van der Waals surface area contributed by atoms with Crippen LogP contribution in [0, 0.1) is 22.7 Å². The fraction of sp³-hybridized carbons (Fsp3) is 0.545. The number of rotatable bonds is 8. The maximum Gasteiger partial charge on any atom is 0.200 e. The van der Waals surface area contributed by atoms with Crippen molar-refractivity contribution in [2.45, 2.75) is 92.3 Å². The molecular weight excluding hydrogens is 476 g/mol. The van der Waals surface area contributed by atoms with Crippen molar-refractivity contribution >= 4 is 17.3 Å². The molecule has 2 aliphatic carbocycles. The Morgan fingerprint density at radius 3 is 2.34 bits per heavy atom. The number of carbonyl (C=O) groups excluding carboxylic acids is 3. The molecule has 2 fully saturated rings. The van der Waals surface area contributed by atoms with Gasteiger partial charge in [0.05, 0.1) is 16.9 Å². The maximum absolute atomic E-state index is 14.2. The molecule has 5 heteroatoms. The van der Waals surface area contributed by atoms with E-state index in [-0.39, 0.29) is 29.5 Å². The van der Waals surface area contributed by atoms with Gasteiger partial charge in [-0.25, -0.2) is 0 Å². The normalized spacial score (nSPS) is 28.6. The van der Waals surface area contributed by atoms with Crippen LogP contribution in [0.5, 0.6) is 0 Å². The predicted molar refractivity (Wildman–Crippen MR) is 148 cm³/mol. The van der Waals surface area contributed by atoms with Crippen LogP contribution in [0.1, 0.15) is 90.9 Å². The van der Waals surface area contributed by atoms with Crippen molar-refractivity contribution in [1.82, 2.24) is 0 Å². The van der Waals surface area contributed by atoms with Gasteiger partial charge in [0.25, 0.3) is 0 Å². The van der Waals surface area contributed by atoms with Gasteiger partial charge in [0.2, 0.25) is 0 Å². The summed E-state index contributed by atoms with van der Waals surface area (Å²) in [4.78, 5) is 42.0. The molecule has 0 amide bonds. The molecule has 4 atom stereocenters. The van der Waals surface area contributed by atoms with Gasteiger partial charge in [-0.3, -0.25) is 14.4 Å². The standard InChI is InChI=1S/C33H42O5/c1-20(2)12-11-13-21(3)16-17-23-18-33-19-24(32(6,7)37)38-30(33)25(27(34)22-14-9-8-10-15-22)28(35)26(29(33)36)31(23,4)5/h8-10,12,14-16,23-24,26,37H,11,13,17-19H2,1-7H3/b21-16+/t23-,24-,26+,33-/m0/s1. The van der Waals surface area contributed by atoms with Gasteiger partial charge in [0.1, 0.15) is 17.4 Å². The van der Waals surface area contributed by atoms with E-state index in [1.807, 2.05) is 19.9 Å². The summed E-state index contributed by atoms with van der Waals surface area (Å²) in [6.45, 7) is 13.6. The van der Waals surface area contributed by atoms with E-state index in [4.69, 9.17) is 4.74 Å². The number of ketones is 3. The molecule has 38 heavy (non-hydrogen) atoms. The van der Waals surface area contributed by atoms with E-state index < -0.39 is 40.0 Å². The zero-order valence-electron chi connectivity index (χ0n) is 23.9. The lowest BCUT2D eigenvalue weighted by molar-refractivity contribution is -0.153. The highest BCUT2D eigenvalue weighted by Crippen LogP contribution is 2.63. The second kappa shape index (κ2) is 10.1. The Morgan fingerprint density at radius 2 is 1.74 bits per heavy atom. The third-order valence-corrected chi connectivity index (χ3v) is 8.98. The molecule has 2 bridgehead atoms. The first-order chi connectivity index (χ1) is 17.7. The number of allylic oxidation sites excluding steroid dienone is 6. The zero-order valence-corrected chi connectivity index (χ0v) is 23.9. The number of hydrogen-bond acceptors (Lipinski definition) is 5. The Hall–Kier alpha value is -2.79. The summed E-state index contributed by atoms with van der Waals surface area (Å²) in [7, 11) is 0. The Labute approximate surface area is 227 Å². The molecule has 1 saturated heterocycles. The summed E-state index contributed by atoms with van der Waals surface area (Å²) in [5, 5.41) is 10.9. The van der Waals surface area contributed by atoms with E-state index in [0.717, 1.165) is 19.3 Å². The van der Waals surface area contributed by atoms with Crippen molar-refractivity contribution in [2.24, 2.45) is 22.7 Å². The van der Waals surface area contributed by atoms with Gasteiger partial charge in [-0.1, -0.05) is 67.5 Å². The molecule has 1 aromatic carbocycles. The van der Waals surface area contributed by atoms with E-state index in [2.05, 4.69) is 32.9 Å². The van der Waals surface area contributed by atoms with Gasteiger partial charge < -0.3 is 9.84 Å². The number of hydrogen-bond donors (Lipinski definition) is 1. The Kier molecular flexibility index (Phi) is 7.48. The van der Waals surface area contributed by atoms with Crippen LogP contribution < -0.4 is 0 Å². The maximum atomic E-state index is 14.2. The minimum atomic E-state index is -1.23. The number of aliphatic hydroxyl groups is 1. The molecule has 1 spiro atoms. The van der Waals surface area contributed by atoms with E-state index in [1.54, 1.807) is 38.1 Å². The molecule has 0 aromatic heterocycles. The summed E-state index contributed by atoms with van der Waals surface area (Å²) >= 11 is 0. The van der Waals surface area contributed by atoms with E-state index in [1.165, 1.54) is 11.1 Å². The Bertz CT molecular complexity index is 1220. The van der Waals surface area contributed by atoms with Gasteiger partial charge in [-0.05, 0) is 71.6 Å². The lowest BCUT2D eigenvalue weighted by Crippen LogP contribution is -2.58. The number of ether oxygens (including phenoxy) is 1. The van der Waals surface area contributed by atoms with Crippen molar-refractivity contribution in [2.75, 3.05) is 0 Å². The van der Waals surface area contributed by atoms with Crippen molar-refractivity contribution in [1.29, 1.82) is 0 Å². The van der Waals surface area contributed by atoms with Gasteiger partial charge in [0, 0.05) is 12.0 Å². The molecule has 0 unspecified atom stereocenters. The SMILES string of the molecule is CC(C)=CCC/C(C)=C/C[C@H]1C[C@@]23C[C@@H](C(C)(C)O)OC2=C(C(=O)c2ccccc2)C(=O)[C@H](C3=O)C1(C)C. The summed E-state index contributed by atoms with van der Waals surface area (Å²) in [6, 6.07) is 8.70. The Morgan fingerprint density at radius 1 is 1.08 bits per heavy atom. The van der Waals surface area contributed by atoms with Crippen molar-refractivity contribution in [3.63, 3.8) is 0 Å². The van der Waals surface area contributed by atoms with Crippen LogP contribution in [-0.2, 0) is 14.3 Å². The number of benzene rings is 1. The predicted octanol–water partition coefficient (Wildman–Crippen LogP) is 6.57. The van der Waals surface area contributed by atoms with Crippen LogP contribution in [0.25, 0.3) is 0 Å². The summed E-state index contributed by atoms with van der Waals surface area (Å²) < 4.78 is 6.27. The molecule has 1 aliphatic heterocycles. The first-order valence-electron chi connectivity index (χ1n) is 13.8. The largest absolute Gasteiger partial charge is 0.490 e. The first kappa shape index (κ1) is 28.2. The lowest BCUT2D eigenvalue weighted by Gasteiger charge is -2.52. The molecule has 4 rings (SSSR count). The lowest BCUT2D eigenvalue weighted by atomic mass is 9.47. The highest BCUT2D eigenvalue weighted by atomic mass is 16.5. The average Bonchev–Trinajstić information content (AvgIpc) is 3.22. The minimum absolute atomic E-state index is 0.00693. The van der Waals surface area contributed by atoms with Gasteiger partial charge in [-0.15, -0.1) is 0 Å². The van der Waals surface area contributed by atoms with Crippen LogP contribution in [0.2, 0.25) is 0 Å². The van der Waals surface area contributed by atoms with Crippen molar-refractivity contribution in [3.8, 4) is 0 Å². The first-order valence-corrected chi connectivity index (χ1v) is 13.8. The van der Waals surface area contributed by atoms with Gasteiger partial charge in [0.15, 0.2) is 17.3 Å². The average molecular weight is 519 g/mol. The van der Waals surface area contributed by atoms with E-state index in [0.29, 0.717) is 12.0 Å². The number of fused-ring (bicyclic) bond motifs is 1. The zero-order chi connectivity index (χ0) is 28.0. The summed E-state index contributed by atoms with van der Waals surface area (Å²) in [5.74, 6) is -1.69. The quantitative estimate of drug-likeness (QED) is 0.182. The third-order valence-electron chi connectivity index (χ3n) is 8.98. The van der Waals surface area contributed by atoms with Crippen LogP contribution >= 0.6 is 0 Å². The second-order valence-corrected chi connectivity index (χ2v) is 12.9. The minimum Gasteiger partial charge on any atom is -0.490 e. The van der Waals surface area contributed by atoms with Crippen LogP contribution in [0.15, 0.2) is 65.0 Å². The topological polar surface area (TPSA) is 80.7 Å². The fourth-order valence-electron chi connectivity index (χ4n) is 6.50. The van der Waals surface area contributed by atoms with Gasteiger partial charge in [-0.2, -0.15) is 0 Å². The Balaban J connectivity index is 1.78. The van der Waals surface area contributed by atoms with Crippen LogP contribution in [0.3, 0.4) is 0 Å². The van der Waals surface area contributed by atoms with Crippen LogP contribution in [0.4, 0.5) is 0 Å². The molecule has 1 saturated carbocycles. The van der Waals surface area contributed by atoms with Crippen molar-refractivity contribution < 1.29 is 24.2 Å². The molecule has 1 aromatic rings. The smallest absolute Gasteiger partial charge is 0.200 e. The third kappa shape index (κ3) is 4.86. The number of carbonyl (C=O) groups is 3. The van der Waals surface area contributed by atoms with Crippen molar-refractivity contribution in [3.05, 3.63) is 70.5 Å². The molecule has 1 N–H and O–H groups in total.